The fourth-order valence-electron chi connectivity index (χ4n) is 3.48. The van der Waals surface area contributed by atoms with Gasteiger partial charge in [-0.05, 0) is 30.7 Å². The first-order chi connectivity index (χ1) is 14.1. The van der Waals surface area contributed by atoms with E-state index in [0.29, 0.717) is 24.5 Å². The zero-order valence-corrected chi connectivity index (χ0v) is 16.1. The number of hydrogen-bond acceptors (Lipinski definition) is 5. The molecule has 8 heteroatoms. The van der Waals surface area contributed by atoms with Crippen molar-refractivity contribution < 1.29 is 18.7 Å². The fraction of sp³-hybridized carbons (Fsp3) is 0.238. The number of anilines is 2. The molecule has 0 spiro atoms. The molecule has 0 saturated carbocycles. The molecule has 1 fully saturated rings. The summed E-state index contributed by atoms with van der Waals surface area (Å²) in [5.74, 6) is 0.506. The van der Waals surface area contributed by atoms with Crippen molar-refractivity contribution in [2.75, 3.05) is 31.0 Å². The third-order valence-electron chi connectivity index (χ3n) is 5.02. The van der Waals surface area contributed by atoms with Crippen molar-refractivity contribution in [3.63, 3.8) is 0 Å². The molecule has 2 N–H and O–H groups in total. The molecule has 4 rings (SSSR count). The molecule has 0 bridgehead atoms. The van der Waals surface area contributed by atoms with Gasteiger partial charge in [0.25, 0.3) is 0 Å². The Hall–Kier alpha value is -3.55. The SMILES string of the molecule is COc1ccc(NC2CCN(c3ccc(-c4cn[nH]c4)c(OC)c3)C2=O)c(F)c1. The van der Waals surface area contributed by atoms with Crippen molar-refractivity contribution >= 4 is 17.3 Å². The molecule has 1 unspecified atom stereocenters. The Morgan fingerprint density at radius 1 is 1.21 bits per heavy atom. The van der Waals surface area contributed by atoms with E-state index in [-0.39, 0.29) is 11.6 Å². The third kappa shape index (κ3) is 3.61. The van der Waals surface area contributed by atoms with Gasteiger partial charge in [-0.25, -0.2) is 4.39 Å². The molecule has 7 nitrogen and oxygen atoms in total. The van der Waals surface area contributed by atoms with Gasteiger partial charge in [0.2, 0.25) is 5.91 Å². The molecule has 1 aliphatic rings. The van der Waals surface area contributed by atoms with Crippen LogP contribution in [0, 0.1) is 5.82 Å². The van der Waals surface area contributed by atoms with Crippen LogP contribution in [0.1, 0.15) is 6.42 Å². The molecule has 3 aromatic rings. The topological polar surface area (TPSA) is 79.5 Å². The Kier molecular flexibility index (Phi) is 5.07. The van der Waals surface area contributed by atoms with Crippen molar-refractivity contribution in [3.05, 3.63) is 54.6 Å². The molecular formula is C21H21FN4O3. The van der Waals surface area contributed by atoms with E-state index in [9.17, 15) is 9.18 Å². The number of amides is 1. The number of H-pyrrole nitrogens is 1. The minimum absolute atomic E-state index is 0.113. The number of hydrogen-bond donors (Lipinski definition) is 2. The Balaban J connectivity index is 1.53. The highest BCUT2D eigenvalue weighted by molar-refractivity contribution is 6.01. The van der Waals surface area contributed by atoms with Crippen LogP contribution in [0.15, 0.2) is 48.8 Å². The highest BCUT2D eigenvalue weighted by Gasteiger charge is 2.33. The summed E-state index contributed by atoms with van der Waals surface area (Å²) in [5, 5.41) is 9.75. The van der Waals surface area contributed by atoms with E-state index in [4.69, 9.17) is 9.47 Å². The second-order valence-corrected chi connectivity index (χ2v) is 6.69. The average Bonchev–Trinajstić information content (AvgIpc) is 3.39. The van der Waals surface area contributed by atoms with E-state index in [0.717, 1.165) is 16.8 Å². The maximum absolute atomic E-state index is 14.2. The lowest BCUT2D eigenvalue weighted by Gasteiger charge is -2.19. The maximum Gasteiger partial charge on any atom is 0.249 e. The average molecular weight is 396 g/mol. The number of benzene rings is 2. The smallest absolute Gasteiger partial charge is 0.249 e. The van der Waals surface area contributed by atoms with Gasteiger partial charge in [0.05, 0.1) is 26.1 Å². The normalized spacial score (nSPS) is 16.2. The number of ether oxygens (including phenoxy) is 2. The molecule has 1 saturated heterocycles. The summed E-state index contributed by atoms with van der Waals surface area (Å²) in [6, 6.07) is 9.62. The van der Waals surface area contributed by atoms with E-state index in [2.05, 4.69) is 15.5 Å². The van der Waals surface area contributed by atoms with Crippen molar-refractivity contribution in [2.45, 2.75) is 12.5 Å². The number of nitrogens with one attached hydrogen (secondary N) is 2. The number of rotatable bonds is 6. The van der Waals surface area contributed by atoms with Gasteiger partial charge in [0, 0.05) is 41.7 Å². The second-order valence-electron chi connectivity index (χ2n) is 6.69. The van der Waals surface area contributed by atoms with E-state index >= 15 is 0 Å². The minimum Gasteiger partial charge on any atom is -0.497 e. The van der Waals surface area contributed by atoms with Crippen LogP contribution in [0.25, 0.3) is 11.1 Å². The molecule has 1 amide bonds. The molecule has 1 atom stereocenters. The first-order valence-electron chi connectivity index (χ1n) is 9.19. The summed E-state index contributed by atoms with van der Waals surface area (Å²) in [6.45, 7) is 0.530. The molecule has 2 heterocycles. The highest BCUT2D eigenvalue weighted by atomic mass is 19.1. The van der Waals surface area contributed by atoms with Crippen molar-refractivity contribution in [3.8, 4) is 22.6 Å². The largest absolute Gasteiger partial charge is 0.497 e. The lowest BCUT2D eigenvalue weighted by molar-refractivity contribution is -0.117. The van der Waals surface area contributed by atoms with Crippen LogP contribution in [0.4, 0.5) is 15.8 Å². The van der Waals surface area contributed by atoms with Gasteiger partial charge >= 0.3 is 0 Å². The third-order valence-corrected chi connectivity index (χ3v) is 5.02. The van der Waals surface area contributed by atoms with Gasteiger partial charge in [-0.2, -0.15) is 5.10 Å². The lowest BCUT2D eigenvalue weighted by Crippen LogP contribution is -2.33. The summed E-state index contributed by atoms with van der Waals surface area (Å²) >= 11 is 0. The second kappa shape index (κ2) is 7.83. The van der Waals surface area contributed by atoms with E-state index in [1.807, 2.05) is 18.2 Å². The van der Waals surface area contributed by atoms with E-state index in [1.54, 1.807) is 36.5 Å². The van der Waals surface area contributed by atoms with Gasteiger partial charge in [-0.3, -0.25) is 9.89 Å². The lowest BCUT2D eigenvalue weighted by atomic mass is 10.1. The molecular weight excluding hydrogens is 375 g/mol. The Labute approximate surface area is 167 Å². The Bertz CT molecular complexity index is 1020. The van der Waals surface area contributed by atoms with Crippen molar-refractivity contribution in [2.24, 2.45) is 0 Å². The predicted molar refractivity (Wildman–Crippen MR) is 108 cm³/mol. The zero-order valence-electron chi connectivity index (χ0n) is 16.1. The van der Waals surface area contributed by atoms with Gasteiger partial charge in [-0.1, -0.05) is 0 Å². The van der Waals surface area contributed by atoms with Crippen LogP contribution in [0.2, 0.25) is 0 Å². The van der Waals surface area contributed by atoms with Gasteiger partial charge in [0.1, 0.15) is 23.4 Å². The van der Waals surface area contributed by atoms with Crippen LogP contribution < -0.4 is 19.7 Å². The first-order valence-corrected chi connectivity index (χ1v) is 9.19. The summed E-state index contributed by atoms with van der Waals surface area (Å²) in [5.41, 5.74) is 2.79. The van der Waals surface area contributed by atoms with Crippen LogP contribution in [-0.2, 0) is 4.79 Å². The number of halogens is 1. The zero-order chi connectivity index (χ0) is 20.4. The van der Waals surface area contributed by atoms with Gasteiger partial charge < -0.3 is 19.7 Å². The summed E-state index contributed by atoms with van der Waals surface area (Å²) in [7, 11) is 3.07. The maximum atomic E-state index is 14.2. The summed E-state index contributed by atoms with van der Waals surface area (Å²) < 4.78 is 24.7. The van der Waals surface area contributed by atoms with Crippen molar-refractivity contribution in [1.82, 2.24) is 10.2 Å². The molecule has 150 valence electrons. The molecule has 2 aromatic carbocycles. The van der Waals surface area contributed by atoms with Crippen LogP contribution in [0.5, 0.6) is 11.5 Å². The van der Waals surface area contributed by atoms with Crippen LogP contribution in [0.3, 0.4) is 0 Å². The molecule has 0 radical (unpaired) electrons. The number of aromatic amines is 1. The quantitative estimate of drug-likeness (QED) is 0.667. The summed E-state index contributed by atoms with van der Waals surface area (Å²) in [4.78, 5) is 14.6. The monoisotopic (exact) mass is 396 g/mol. The van der Waals surface area contributed by atoms with Crippen LogP contribution in [-0.4, -0.2) is 42.9 Å². The van der Waals surface area contributed by atoms with E-state index < -0.39 is 11.9 Å². The fourth-order valence-corrected chi connectivity index (χ4v) is 3.48. The van der Waals surface area contributed by atoms with Crippen molar-refractivity contribution in [1.29, 1.82) is 0 Å². The number of aromatic nitrogens is 2. The Morgan fingerprint density at radius 3 is 2.76 bits per heavy atom. The molecule has 29 heavy (non-hydrogen) atoms. The first kappa shape index (κ1) is 18.8. The minimum atomic E-state index is -0.502. The van der Waals surface area contributed by atoms with Gasteiger partial charge in [-0.15, -0.1) is 0 Å². The van der Waals surface area contributed by atoms with Gasteiger partial charge in [0.15, 0.2) is 0 Å². The van der Waals surface area contributed by atoms with Crippen LogP contribution >= 0.6 is 0 Å². The Morgan fingerprint density at radius 2 is 2.07 bits per heavy atom. The number of carbonyl (C=O) groups excluding carboxylic acids is 1. The predicted octanol–water partition coefficient (Wildman–Crippen LogP) is 3.45. The molecule has 0 aliphatic carbocycles. The highest BCUT2D eigenvalue weighted by Crippen LogP contribution is 2.35. The molecule has 1 aliphatic heterocycles. The standard InChI is InChI=1S/C21H21FN4O3/c1-28-15-4-6-18(17(22)10-15)25-19-7-8-26(21(19)27)14-3-5-16(20(9-14)29-2)13-11-23-24-12-13/h3-6,9-12,19,25H,7-8H2,1-2H3,(H,23,24). The summed E-state index contributed by atoms with van der Waals surface area (Å²) in [6.07, 6.45) is 4.06. The van der Waals surface area contributed by atoms with E-state index in [1.165, 1.54) is 13.2 Å². The number of methoxy groups -OCH3 is 2. The molecule has 1 aromatic heterocycles. The number of nitrogens with zero attached hydrogens (tertiary/aromatic N) is 2. The number of carbonyl (C=O) groups is 1.